The van der Waals surface area contributed by atoms with E-state index in [0.717, 1.165) is 5.70 Å². The van der Waals surface area contributed by atoms with Gasteiger partial charge in [-0.2, -0.15) is 0 Å². The Labute approximate surface area is 212 Å². The first-order valence-corrected chi connectivity index (χ1v) is 11.3. The molecule has 0 spiro atoms. The summed E-state index contributed by atoms with van der Waals surface area (Å²) in [7, 11) is 2.09. The standard InChI is InChI=1S/C27H38N3.ClH.Cu/c1-17(2)21-12-10-13-22(18(3)4)26(21)25-16-30(28-29(25)9)27-23(19(5)6)14-11-15-24(27)20(7)8;;/h10-15,17-20,28H,1-9H3;1H;/q;;+1/p-1. The SMILES string of the molecule is CC(C)c1cccc(C(C)C)c1C1=[C]N(c2c(C(C)C)cccc2C(C)C)NN1C.[Cl-].[Cu+]. The first kappa shape index (κ1) is 28.6. The summed E-state index contributed by atoms with van der Waals surface area (Å²) in [5, 5.41) is 4.23. The van der Waals surface area contributed by atoms with Crippen LogP contribution in [0.2, 0.25) is 0 Å². The molecule has 1 radical (unpaired) electrons. The van der Waals surface area contributed by atoms with E-state index in [1.807, 2.05) is 0 Å². The molecule has 1 N–H and O–H groups in total. The summed E-state index contributed by atoms with van der Waals surface area (Å²) >= 11 is 0. The van der Waals surface area contributed by atoms with Gasteiger partial charge in [-0.15, -0.1) is 5.53 Å². The molecule has 32 heavy (non-hydrogen) atoms. The Morgan fingerprint density at radius 1 is 0.688 bits per heavy atom. The van der Waals surface area contributed by atoms with Crippen molar-refractivity contribution in [3.05, 3.63) is 70.4 Å². The van der Waals surface area contributed by atoms with Crippen LogP contribution in [0.3, 0.4) is 0 Å². The van der Waals surface area contributed by atoms with Crippen molar-refractivity contribution in [1.82, 2.24) is 10.5 Å². The number of para-hydroxylation sites is 1. The van der Waals surface area contributed by atoms with E-state index >= 15 is 0 Å². The quantitative estimate of drug-likeness (QED) is 0.598. The number of hydrogen-bond acceptors (Lipinski definition) is 3. The fourth-order valence-electron chi connectivity index (χ4n) is 4.33. The monoisotopic (exact) mass is 502 g/mol. The maximum Gasteiger partial charge on any atom is 1.00 e. The van der Waals surface area contributed by atoms with Gasteiger partial charge < -0.3 is 12.4 Å². The van der Waals surface area contributed by atoms with Crippen molar-refractivity contribution in [3.63, 3.8) is 0 Å². The molecule has 0 amide bonds. The molecule has 5 heteroatoms. The number of benzene rings is 2. The Kier molecular flexibility index (Phi) is 10.4. The van der Waals surface area contributed by atoms with E-state index in [1.165, 1.54) is 33.5 Å². The number of hydrazine groups is 2. The Morgan fingerprint density at radius 3 is 1.44 bits per heavy atom. The molecule has 0 aliphatic carbocycles. The number of nitrogens with zero attached hydrogens (tertiary/aromatic N) is 2. The second-order valence-corrected chi connectivity index (χ2v) is 9.67. The third-order valence-electron chi connectivity index (χ3n) is 5.98. The topological polar surface area (TPSA) is 18.5 Å². The minimum Gasteiger partial charge on any atom is -1.00 e. The number of rotatable bonds is 6. The molecule has 2 aromatic carbocycles. The van der Waals surface area contributed by atoms with Crippen LogP contribution in [0.4, 0.5) is 5.69 Å². The van der Waals surface area contributed by atoms with Crippen molar-refractivity contribution >= 4 is 11.4 Å². The molecule has 3 nitrogen and oxygen atoms in total. The van der Waals surface area contributed by atoms with Gasteiger partial charge in [0, 0.05) is 12.6 Å². The molecule has 0 bridgehead atoms. The number of halogens is 1. The first-order chi connectivity index (χ1) is 14.1. The van der Waals surface area contributed by atoms with Crippen LogP contribution in [0, 0.1) is 6.20 Å². The Bertz CT molecular complexity index is 882. The van der Waals surface area contributed by atoms with Gasteiger partial charge in [0.05, 0.1) is 11.4 Å². The molecule has 0 atom stereocenters. The summed E-state index contributed by atoms with van der Waals surface area (Å²) in [5.74, 6) is 1.77. The predicted molar refractivity (Wildman–Crippen MR) is 129 cm³/mol. The third kappa shape index (κ3) is 5.54. The molecular weight excluding hydrogens is 465 g/mol. The molecule has 0 saturated heterocycles. The smallest absolute Gasteiger partial charge is 1.00 e. The van der Waals surface area contributed by atoms with Gasteiger partial charge in [-0.25, -0.2) is 0 Å². The minimum absolute atomic E-state index is 0. The molecule has 0 fully saturated rings. The third-order valence-corrected chi connectivity index (χ3v) is 5.98. The number of hydrogen-bond donors (Lipinski definition) is 1. The maximum absolute atomic E-state index is 3.72. The molecule has 179 valence electrons. The second kappa shape index (κ2) is 11.6. The van der Waals surface area contributed by atoms with Gasteiger partial charge in [-0.05, 0) is 45.9 Å². The molecule has 1 aliphatic rings. The van der Waals surface area contributed by atoms with Crippen molar-refractivity contribution < 1.29 is 29.5 Å². The van der Waals surface area contributed by atoms with E-state index in [4.69, 9.17) is 0 Å². The van der Waals surface area contributed by atoms with Gasteiger partial charge in [0.25, 0.3) is 0 Å². The van der Waals surface area contributed by atoms with E-state index < -0.39 is 0 Å². The van der Waals surface area contributed by atoms with Gasteiger partial charge in [0.1, 0.15) is 6.20 Å². The Morgan fingerprint density at radius 2 is 1.06 bits per heavy atom. The van der Waals surface area contributed by atoms with Crippen LogP contribution in [0.1, 0.15) is 107 Å². The zero-order valence-electron chi connectivity index (χ0n) is 20.8. The van der Waals surface area contributed by atoms with E-state index in [9.17, 15) is 0 Å². The van der Waals surface area contributed by atoms with Crippen molar-refractivity contribution in [2.45, 2.75) is 79.1 Å². The van der Waals surface area contributed by atoms with Gasteiger partial charge in [-0.3, -0.25) is 10.0 Å². The van der Waals surface area contributed by atoms with Crippen molar-refractivity contribution in [2.24, 2.45) is 0 Å². The van der Waals surface area contributed by atoms with Gasteiger partial charge in [0.15, 0.2) is 0 Å². The zero-order chi connectivity index (χ0) is 22.2. The van der Waals surface area contributed by atoms with Crippen molar-refractivity contribution in [3.8, 4) is 0 Å². The van der Waals surface area contributed by atoms with E-state index in [0.29, 0.717) is 23.7 Å². The maximum atomic E-state index is 3.72. The van der Waals surface area contributed by atoms with Crippen LogP contribution in [0.15, 0.2) is 36.4 Å². The summed E-state index contributed by atoms with van der Waals surface area (Å²) in [6.07, 6.45) is 3.72. The molecule has 0 unspecified atom stereocenters. The predicted octanol–water partition coefficient (Wildman–Crippen LogP) is 4.15. The van der Waals surface area contributed by atoms with Gasteiger partial charge in [0.2, 0.25) is 0 Å². The average molecular weight is 504 g/mol. The molecule has 1 aliphatic heterocycles. The van der Waals surface area contributed by atoms with E-state index in [2.05, 4.69) is 121 Å². The van der Waals surface area contributed by atoms with Crippen molar-refractivity contribution in [1.29, 1.82) is 0 Å². The number of nitrogens with one attached hydrogen (secondary N) is 1. The second-order valence-electron chi connectivity index (χ2n) is 9.67. The molecular formula is C27H38ClCuN3. The van der Waals surface area contributed by atoms with E-state index in [1.54, 1.807) is 0 Å². The fourth-order valence-corrected chi connectivity index (χ4v) is 4.33. The fraction of sp³-hybridized carbons (Fsp3) is 0.481. The summed E-state index contributed by atoms with van der Waals surface area (Å²) in [4.78, 5) is 0. The molecule has 0 aromatic heterocycles. The normalized spacial score (nSPS) is 13.7. The van der Waals surface area contributed by atoms with Crippen LogP contribution in [-0.2, 0) is 17.1 Å². The number of anilines is 1. The molecule has 0 saturated carbocycles. The van der Waals surface area contributed by atoms with Crippen molar-refractivity contribution in [2.75, 3.05) is 12.1 Å². The summed E-state index contributed by atoms with van der Waals surface area (Å²) in [6.45, 7) is 18.1. The van der Waals surface area contributed by atoms with Gasteiger partial charge in [-0.1, -0.05) is 91.8 Å². The van der Waals surface area contributed by atoms with Crippen LogP contribution >= 0.6 is 0 Å². The largest absolute Gasteiger partial charge is 1.00 e. The van der Waals surface area contributed by atoms with E-state index in [-0.39, 0.29) is 29.5 Å². The molecule has 3 rings (SSSR count). The average Bonchev–Trinajstić information content (AvgIpc) is 3.07. The Balaban J connectivity index is 0.00000256. The summed E-state index contributed by atoms with van der Waals surface area (Å²) in [6, 6.07) is 13.4. The summed E-state index contributed by atoms with van der Waals surface area (Å²) < 4.78 is 0. The first-order valence-electron chi connectivity index (χ1n) is 11.3. The summed E-state index contributed by atoms with van der Waals surface area (Å²) in [5.41, 5.74) is 12.7. The van der Waals surface area contributed by atoms with Crippen LogP contribution in [-0.4, -0.2) is 12.1 Å². The van der Waals surface area contributed by atoms with Crippen LogP contribution in [0.5, 0.6) is 0 Å². The molecule has 1 heterocycles. The van der Waals surface area contributed by atoms with Crippen LogP contribution < -0.4 is 23.0 Å². The zero-order valence-corrected chi connectivity index (χ0v) is 22.5. The Hall–Kier alpha value is -1.45. The molecule has 2 aromatic rings. The minimum atomic E-state index is 0. The van der Waals surface area contributed by atoms with Gasteiger partial charge >= 0.3 is 17.1 Å². The van der Waals surface area contributed by atoms with Crippen LogP contribution in [0.25, 0.3) is 5.70 Å².